The lowest BCUT2D eigenvalue weighted by Crippen LogP contribution is -2.27. The quantitative estimate of drug-likeness (QED) is 0.650. The van der Waals surface area contributed by atoms with Gasteiger partial charge >= 0.3 is 0 Å². The van der Waals surface area contributed by atoms with E-state index in [1.165, 1.54) is 11.1 Å². The number of fused-ring (bicyclic) bond motifs is 1. The summed E-state index contributed by atoms with van der Waals surface area (Å²) < 4.78 is 1.60. The average molecular weight is 378 g/mol. The summed E-state index contributed by atoms with van der Waals surface area (Å²) in [6.07, 6.45) is 2.93. The van der Waals surface area contributed by atoms with Gasteiger partial charge in [-0.15, -0.1) is 0 Å². The summed E-state index contributed by atoms with van der Waals surface area (Å²) >= 11 is 0. The molecule has 0 bridgehead atoms. The van der Waals surface area contributed by atoms with Crippen LogP contribution in [-0.2, 0) is 13.0 Å². The number of nitrogens with one attached hydrogen (secondary N) is 1. The molecule has 0 aliphatic rings. The first-order valence-electron chi connectivity index (χ1n) is 10.1. The number of aromatic nitrogens is 2. The smallest absolute Gasteiger partial charge is 0.258 e. The third-order valence-electron chi connectivity index (χ3n) is 5.01. The topological polar surface area (TPSA) is 46.4 Å². The maximum Gasteiger partial charge on any atom is 0.258 e. The van der Waals surface area contributed by atoms with Crippen molar-refractivity contribution in [2.24, 2.45) is 11.8 Å². The lowest BCUT2D eigenvalue weighted by molar-refractivity contribution is 0.408. The van der Waals surface area contributed by atoms with Gasteiger partial charge in [-0.25, -0.2) is 4.98 Å². The first kappa shape index (κ1) is 20.3. The van der Waals surface area contributed by atoms with Gasteiger partial charge in [0, 0.05) is 24.8 Å². The maximum absolute atomic E-state index is 12.4. The molecule has 0 aliphatic carbocycles. The second-order valence-corrected chi connectivity index (χ2v) is 8.46. The van der Waals surface area contributed by atoms with Gasteiger partial charge in [-0.2, -0.15) is 0 Å². The Bertz CT molecular complexity index is 987. The van der Waals surface area contributed by atoms with Gasteiger partial charge in [0.1, 0.15) is 5.65 Å². The fourth-order valence-electron chi connectivity index (χ4n) is 3.63. The minimum atomic E-state index is -0.0374. The van der Waals surface area contributed by atoms with Crippen molar-refractivity contribution in [1.29, 1.82) is 0 Å². The number of hydrogen-bond acceptors (Lipinski definition) is 3. The van der Waals surface area contributed by atoms with Crippen LogP contribution in [0.2, 0.25) is 0 Å². The molecule has 0 spiro atoms. The van der Waals surface area contributed by atoms with Crippen molar-refractivity contribution in [2.75, 3.05) is 0 Å². The monoisotopic (exact) mass is 377 g/mol. The van der Waals surface area contributed by atoms with E-state index in [0.717, 1.165) is 17.7 Å². The summed E-state index contributed by atoms with van der Waals surface area (Å²) in [5, 5.41) is 3.60. The number of aryl methyl sites for hydroxylation is 1. The molecule has 4 heteroatoms. The van der Waals surface area contributed by atoms with Crippen molar-refractivity contribution < 1.29 is 0 Å². The molecule has 0 aliphatic heterocycles. The molecule has 0 radical (unpaired) electrons. The van der Waals surface area contributed by atoms with Crippen molar-refractivity contribution >= 4 is 5.65 Å². The summed E-state index contributed by atoms with van der Waals surface area (Å²) in [4.78, 5) is 17.1. The molecule has 3 aromatic rings. The van der Waals surface area contributed by atoms with E-state index in [1.54, 1.807) is 10.5 Å². The van der Waals surface area contributed by atoms with Crippen molar-refractivity contribution in [3.05, 3.63) is 81.4 Å². The van der Waals surface area contributed by atoms with Crippen LogP contribution in [0, 0.1) is 18.8 Å². The van der Waals surface area contributed by atoms with E-state index in [0.29, 0.717) is 24.0 Å². The summed E-state index contributed by atoms with van der Waals surface area (Å²) in [7, 11) is 0. The van der Waals surface area contributed by atoms with Gasteiger partial charge in [0.05, 0.1) is 5.69 Å². The molecule has 2 heterocycles. The van der Waals surface area contributed by atoms with Gasteiger partial charge < -0.3 is 5.32 Å². The SMILES string of the molecule is Cc1ccc2nc(CN[C@H](c3ccc(CC(C)C)cc3)C(C)C)cc(=O)n2c1. The minimum absolute atomic E-state index is 0.0374. The standard InChI is InChI=1S/C24H31N3O/c1-16(2)12-19-7-9-20(10-8-19)24(17(3)4)25-14-21-13-23(28)27-15-18(5)6-11-22(27)26-21/h6-11,13,15-17,24-25H,12,14H2,1-5H3/t24-/m0/s1. The molecular formula is C24H31N3O. The molecule has 2 aromatic heterocycles. The number of nitrogens with zero attached hydrogens (tertiary/aromatic N) is 2. The highest BCUT2D eigenvalue weighted by atomic mass is 16.1. The molecule has 0 amide bonds. The largest absolute Gasteiger partial charge is 0.304 e. The van der Waals surface area contributed by atoms with Gasteiger partial charge in [0.15, 0.2) is 0 Å². The second-order valence-electron chi connectivity index (χ2n) is 8.46. The van der Waals surface area contributed by atoms with E-state index in [4.69, 9.17) is 0 Å². The number of hydrogen-bond donors (Lipinski definition) is 1. The van der Waals surface area contributed by atoms with E-state index in [2.05, 4.69) is 62.3 Å². The Kier molecular flexibility index (Phi) is 6.30. The number of rotatable bonds is 7. The normalized spacial score (nSPS) is 12.8. The second kappa shape index (κ2) is 8.70. The Balaban J connectivity index is 1.77. The van der Waals surface area contributed by atoms with Crippen LogP contribution >= 0.6 is 0 Å². The van der Waals surface area contributed by atoms with Crippen LogP contribution in [0.15, 0.2) is 53.5 Å². The van der Waals surface area contributed by atoms with Crippen LogP contribution in [0.3, 0.4) is 0 Å². The zero-order chi connectivity index (χ0) is 20.3. The highest BCUT2D eigenvalue weighted by Crippen LogP contribution is 2.23. The third kappa shape index (κ3) is 4.87. The zero-order valence-corrected chi connectivity index (χ0v) is 17.6. The van der Waals surface area contributed by atoms with E-state index in [-0.39, 0.29) is 11.6 Å². The van der Waals surface area contributed by atoms with E-state index in [9.17, 15) is 4.79 Å². The van der Waals surface area contributed by atoms with E-state index < -0.39 is 0 Å². The van der Waals surface area contributed by atoms with Crippen LogP contribution in [0.25, 0.3) is 5.65 Å². The Hall–Kier alpha value is -2.46. The Morgan fingerprint density at radius 3 is 2.39 bits per heavy atom. The van der Waals surface area contributed by atoms with Gasteiger partial charge in [0.2, 0.25) is 0 Å². The van der Waals surface area contributed by atoms with E-state index >= 15 is 0 Å². The predicted octanol–water partition coefficient (Wildman–Crippen LogP) is 4.69. The molecule has 1 aromatic carbocycles. The Morgan fingerprint density at radius 1 is 1.04 bits per heavy atom. The predicted molar refractivity (Wildman–Crippen MR) is 116 cm³/mol. The van der Waals surface area contributed by atoms with Gasteiger partial charge in [-0.3, -0.25) is 9.20 Å². The lowest BCUT2D eigenvalue weighted by atomic mass is 9.93. The zero-order valence-electron chi connectivity index (χ0n) is 17.6. The molecule has 0 saturated carbocycles. The maximum atomic E-state index is 12.4. The van der Waals surface area contributed by atoms with Crippen LogP contribution < -0.4 is 10.9 Å². The Labute approximate surface area is 167 Å². The summed E-state index contributed by atoms with van der Waals surface area (Å²) in [6.45, 7) is 11.5. The molecule has 3 rings (SSSR count). The highest BCUT2D eigenvalue weighted by molar-refractivity contribution is 5.40. The molecule has 0 unspecified atom stereocenters. The van der Waals surface area contributed by atoms with E-state index in [1.807, 2.05) is 25.3 Å². The van der Waals surface area contributed by atoms with Crippen LogP contribution in [0.5, 0.6) is 0 Å². The first-order chi connectivity index (χ1) is 13.3. The van der Waals surface area contributed by atoms with Gasteiger partial charge in [-0.05, 0) is 47.9 Å². The Morgan fingerprint density at radius 2 is 1.75 bits per heavy atom. The van der Waals surface area contributed by atoms with Crippen molar-refractivity contribution in [3.8, 4) is 0 Å². The molecule has 4 nitrogen and oxygen atoms in total. The number of pyridine rings is 1. The fraction of sp³-hybridized carbons (Fsp3) is 0.417. The number of benzene rings is 1. The molecule has 1 N–H and O–H groups in total. The molecule has 148 valence electrons. The highest BCUT2D eigenvalue weighted by Gasteiger charge is 2.16. The fourth-order valence-corrected chi connectivity index (χ4v) is 3.63. The van der Waals surface area contributed by atoms with Crippen molar-refractivity contribution in [2.45, 2.75) is 53.6 Å². The van der Waals surface area contributed by atoms with Crippen LogP contribution in [0.1, 0.15) is 56.1 Å². The van der Waals surface area contributed by atoms with Gasteiger partial charge in [0.25, 0.3) is 5.56 Å². The van der Waals surface area contributed by atoms with Crippen molar-refractivity contribution in [3.63, 3.8) is 0 Å². The molecular weight excluding hydrogens is 346 g/mol. The summed E-state index contributed by atoms with van der Waals surface area (Å²) in [5.41, 5.74) is 5.12. The third-order valence-corrected chi connectivity index (χ3v) is 5.01. The first-order valence-corrected chi connectivity index (χ1v) is 10.1. The molecule has 0 saturated heterocycles. The molecule has 0 fully saturated rings. The minimum Gasteiger partial charge on any atom is -0.304 e. The summed E-state index contributed by atoms with van der Waals surface area (Å²) in [5.74, 6) is 1.09. The van der Waals surface area contributed by atoms with Crippen LogP contribution in [-0.4, -0.2) is 9.38 Å². The molecule has 1 atom stereocenters. The average Bonchev–Trinajstić information content (AvgIpc) is 2.63. The van der Waals surface area contributed by atoms with Crippen molar-refractivity contribution in [1.82, 2.24) is 14.7 Å². The van der Waals surface area contributed by atoms with Gasteiger partial charge in [-0.1, -0.05) is 58.0 Å². The summed E-state index contributed by atoms with van der Waals surface area (Å²) in [6, 6.07) is 14.6. The van der Waals surface area contributed by atoms with Crippen LogP contribution in [0.4, 0.5) is 0 Å². The lowest BCUT2D eigenvalue weighted by Gasteiger charge is -2.23. The molecule has 28 heavy (non-hydrogen) atoms.